The summed E-state index contributed by atoms with van der Waals surface area (Å²) in [4.78, 5) is 28.5. The molecule has 3 rings (SSSR count). The minimum absolute atomic E-state index is 0.112. The number of fused-ring (bicyclic) bond motifs is 1. The molecular weight excluding hydrogens is 274 g/mol. The molecule has 0 saturated heterocycles. The van der Waals surface area contributed by atoms with Crippen LogP contribution in [0.1, 0.15) is 10.4 Å². The quantitative estimate of drug-likeness (QED) is 0.785. The lowest BCUT2D eigenvalue weighted by molar-refractivity contribution is 0.102. The number of rotatable bonds is 2. The smallest absolute Gasteiger partial charge is 0.262 e. The van der Waals surface area contributed by atoms with Crippen LogP contribution in [0.15, 0.2) is 46.8 Å². The Morgan fingerprint density at radius 3 is 2.90 bits per heavy atom. The van der Waals surface area contributed by atoms with E-state index in [2.05, 4.69) is 10.3 Å². The fraction of sp³-hybridized carbons (Fsp3) is 0.0714. The summed E-state index contributed by atoms with van der Waals surface area (Å²) in [5, 5.41) is 5.39. The third-order valence-electron chi connectivity index (χ3n) is 2.99. The van der Waals surface area contributed by atoms with Crippen molar-refractivity contribution in [1.29, 1.82) is 0 Å². The van der Waals surface area contributed by atoms with Crippen molar-refractivity contribution in [2.75, 3.05) is 5.32 Å². The van der Waals surface area contributed by atoms with Crippen LogP contribution in [-0.2, 0) is 7.05 Å². The number of carbonyl (C=O) groups is 1. The molecule has 3 aromatic rings. The number of anilines is 1. The van der Waals surface area contributed by atoms with Gasteiger partial charge in [-0.05, 0) is 12.1 Å². The van der Waals surface area contributed by atoms with Gasteiger partial charge >= 0.3 is 0 Å². The summed E-state index contributed by atoms with van der Waals surface area (Å²) in [6.07, 6.45) is 3.15. The summed E-state index contributed by atoms with van der Waals surface area (Å²) in [6, 6.07) is 7.21. The zero-order chi connectivity index (χ0) is 14.1. The van der Waals surface area contributed by atoms with Crippen LogP contribution in [0.25, 0.3) is 10.9 Å². The Balaban J connectivity index is 2.10. The minimum atomic E-state index is -0.439. The van der Waals surface area contributed by atoms with Crippen LogP contribution in [-0.4, -0.2) is 15.5 Å². The normalized spacial score (nSPS) is 10.7. The summed E-state index contributed by atoms with van der Waals surface area (Å²) in [7, 11) is 1.81. The Hall–Kier alpha value is -2.47. The van der Waals surface area contributed by atoms with E-state index in [9.17, 15) is 9.59 Å². The van der Waals surface area contributed by atoms with Gasteiger partial charge in [0, 0.05) is 30.2 Å². The van der Waals surface area contributed by atoms with E-state index < -0.39 is 5.91 Å². The molecule has 0 spiro atoms. The van der Waals surface area contributed by atoms with E-state index in [0.29, 0.717) is 10.5 Å². The van der Waals surface area contributed by atoms with Crippen LogP contribution in [0.3, 0.4) is 0 Å². The average Bonchev–Trinajstić information content (AvgIpc) is 2.95. The SMILES string of the molecule is Cn1cc(C(=O)Nc2nccs2)c(=O)c2ccccc21. The number of thiazole rings is 1. The molecule has 5 nitrogen and oxygen atoms in total. The van der Waals surface area contributed by atoms with Crippen molar-refractivity contribution < 1.29 is 4.79 Å². The van der Waals surface area contributed by atoms with Crippen LogP contribution in [0, 0.1) is 0 Å². The zero-order valence-electron chi connectivity index (χ0n) is 10.7. The second kappa shape index (κ2) is 4.90. The van der Waals surface area contributed by atoms with E-state index in [1.54, 1.807) is 34.5 Å². The maximum absolute atomic E-state index is 12.4. The molecule has 0 radical (unpaired) electrons. The first kappa shape index (κ1) is 12.6. The third kappa shape index (κ3) is 2.10. The van der Waals surface area contributed by atoms with Gasteiger partial charge in [-0.3, -0.25) is 14.9 Å². The molecule has 2 aromatic heterocycles. The summed E-state index contributed by atoms with van der Waals surface area (Å²) in [6.45, 7) is 0. The molecule has 0 aliphatic rings. The van der Waals surface area contributed by atoms with Gasteiger partial charge in [0.1, 0.15) is 5.56 Å². The zero-order valence-corrected chi connectivity index (χ0v) is 11.5. The van der Waals surface area contributed by atoms with Gasteiger partial charge in [0.05, 0.1) is 5.52 Å². The molecule has 0 fully saturated rings. The molecule has 6 heteroatoms. The number of aromatic nitrogens is 2. The molecule has 0 aliphatic heterocycles. The highest BCUT2D eigenvalue weighted by Gasteiger charge is 2.15. The number of benzene rings is 1. The van der Waals surface area contributed by atoms with Crippen LogP contribution in [0.4, 0.5) is 5.13 Å². The highest BCUT2D eigenvalue weighted by atomic mass is 32.1. The third-order valence-corrected chi connectivity index (χ3v) is 3.68. The molecule has 0 bridgehead atoms. The molecule has 0 saturated carbocycles. The number of amides is 1. The van der Waals surface area contributed by atoms with Crippen molar-refractivity contribution in [3.05, 3.63) is 57.8 Å². The fourth-order valence-corrected chi connectivity index (χ4v) is 2.58. The lowest BCUT2D eigenvalue weighted by Crippen LogP contribution is -2.23. The fourth-order valence-electron chi connectivity index (χ4n) is 2.05. The molecule has 0 aliphatic carbocycles. The van der Waals surface area contributed by atoms with Gasteiger partial charge in [-0.15, -0.1) is 11.3 Å². The molecule has 1 aromatic carbocycles. The van der Waals surface area contributed by atoms with E-state index in [1.165, 1.54) is 11.3 Å². The summed E-state index contributed by atoms with van der Waals surface area (Å²) < 4.78 is 1.77. The number of hydrogen-bond donors (Lipinski definition) is 1. The van der Waals surface area contributed by atoms with Gasteiger partial charge in [-0.25, -0.2) is 4.98 Å². The molecule has 1 N–H and O–H groups in total. The second-order valence-corrected chi connectivity index (χ2v) is 5.19. The molecule has 20 heavy (non-hydrogen) atoms. The Bertz CT molecular complexity index is 837. The molecular formula is C14H11N3O2S. The molecule has 1 amide bonds. The van der Waals surface area contributed by atoms with Gasteiger partial charge in [-0.2, -0.15) is 0 Å². The molecule has 100 valence electrons. The number of hydrogen-bond acceptors (Lipinski definition) is 4. The van der Waals surface area contributed by atoms with Crippen molar-refractivity contribution in [1.82, 2.24) is 9.55 Å². The van der Waals surface area contributed by atoms with E-state index in [-0.39, 0.29) is 11.0 Å². The van der Waals surface area contributed by atoms with E-state index in [0.717, 1.165) is 5.52 Å². The first-order chi connectivity index (χ1) is 9.66. The highest BCUT2D eigenvalue weighted by Crippen LogP contribution is 2.13. The molecule has 0 atom stereocenters. The van der Waals surface area contributed by atoms with Gasteiger partial charge < -0.3 is 4.57 Å². The number of nitrogens with zero attached hydrogens (tertiary/aromatic N) is 2. The Kier molecular flexibility index (Phi) is 3.08. The summed E-state index contributed by atoms with van der Waals surface area (Å²) in [5.41, 5.74) is 0.637. The van der Waals surface area contributed by atoms with Crippen molar-refractivity contribution in [2.45, 2.75) is 0 Å². The summed E-state index contributed by atoms with van der Waals surface area (Å²) in [5.74, 6) is -0.439. The first-order valence-corrected chi connectivity index (χ1v) is 6.84. The minimum Gasteiger partial charge on any atom is -0.350 e. The first-order valence-electron chi connectivity index (χ1n) is 5.96. The Labute approximate surface area is 118 Å². The topological polar surface area (TPSA) is 64.0 Å². The van der Waals surface area contributed by atoms with E-state index in [4.69, 9.17) is 0 Å². The predicted octanol–water partition coefficient (Wildman–Crippen LogP) is 2.25. The predicted molar refractivity (Wildman–Crippen MR) is 79.3 cm³/mol. The number of aryl methyl sites for hydroxylation is 1. The van der Waals surface area contributed by atoms with Crippen molar-refractivity contribution in [3.63, 3.8) is 0 Å². The monoisotopic (exact) mass is 285 g/mol. The van der Waals surface area contributed by atoms with Crippen LogP contribution >= 0.6 is 11.3 Å². The van der Waals surface area contributed by atoms with Gasteiger partial charge in [0.15, 0.2) is 5.13 Å². The second-order valence-electron chi connectivity index (χ2n) is 4.29. The Morgan fingerprint density at radius 1 is 1.35 bits per heavy atom. The van der Waals surface area contributed by atoms with Crippen molar-refractivity contribution in [3.8, 4) is 0 Å². The number of pyridine rings is 1. The largest absolute Gasteiger partial charge is 0.350 e. The van der Waals surface area contributed by atoms with Crippen LogP contribution in [0.5, 0.6) is 0 Å². The maximum Gasteiger partial charge on any atom is 0.262 e. The van der Waals surface area contributed by atoms with Crippen LogP contribution < -0.4 is 10.7 Å². The lowest BCUT2D eigenvalue weighted by atomic mass is 10.1. The molecule has 2 heterocycles. The number of carbonyl (C=O) groups excluding carboxylic acids is 1. The van der Waals surface area contributed by atoms with Crippen LogP contribution in [0.2, 0.25) is 0 Å². The standard InChI is InChI=1S/C14H11N3O2S/c1-17-8-10(13(19)16-14-15-6-7-20-14)12(18)9-4-2-3-5-11(9)17/h2-8H,1H3,(H,15,16,19). The van der Waals surface area contributed by atoms with E-state index in [1.807, 2.05) is 19.2 Å². The Morgan fingerprint density at radius 2 is 2.15 bits per heavy atom. The summed E-state index contributed by atoms with van der Waals surface area (Å²) >= 11 is 1.31. The van der Waals surface area contributed by atoms with E-state index >= 15 is 0 Å². The average molecular weight is 285 g/mol. The van der Waals surface area contributed by atoms with Gasteiger partial charge in [-0.1, -0.05) is 12.1 Å². The van der Waals surface area contributed by atoms with Gasteiger partial charge in [0.25, 0.3) is 5.91 Å². The highest BCUT2D eigenvalue weighted by molar-refractivity contribution is 7.13. The number of nitrogens with one attached hydrogen (secondary N) is 1. The molecule has 0 unspecified atom stereocenters. The number of para-hydroxylation sites is 1. The van der Waals surface area contributed by atoms with Crippen molar-refractivity contribution >= 4 is 33.3 Å². The van der Waals surface area contributed by atoms with Crippen molar-refractivity contribution in [2.24, 2.45) is 7.05 Å². The van der Waals surface area contributed by atoms with Gasteiger partial charge in [0.2, 0.25) is 5.43 Å². The maximum atomic E-state index is 12.4. The lowest BCUT2D eigenvalue weighted by Gasteiger charge is -2.08.